The van der Waals surface area contributed by atoms with Crippen LogP contribution in [0.3, 0.4) is 0 Å². The first-order valence-electron chi connectivity index (χ1n) is 4.84. The summed E-state index contributed by atoms with van der Waals surface area (Å²) in [7, 11) is 0. The van der Waals surface area contributed by atoms with Crippen molar-refractivity contribution in [3.63, 3.8) is 0 Å². The first kappa shape index (κ1) is 12.6. The number of amides is 1. The smallest absolute Gasteiger partial charge is 0.236 e. The number of thiazole rings is 1. The number of aromatic nitrogens is 1. The minimum absolute atomic E-state index is 0.00968. The highest BCUT2D eigenvalue weighted by Crippen LogP contribution is 2.22. The molecular weight excluding hydrogens is 276 g/mol. The summed E-state index contributed by atoms with van der Waals surface area (Å²) >= 11 is 4.90. The van der Waals surface area contributed by atoms with Crippen LogP contribution in [0.25, 0.3) is 0 Å². The Bertz CT molecular complexity index is 319. The quantitative estimate of drug-likeness (QED) is 0.867. The maximum atomic E-state index is 11.7. The minimum atomic E-state index is -0.530. The van der Waals surface area contributed by atoms with Gasteiger partial charge in [0.05, 0.1) is 10.4 Å². The van der Waals surface area contributed by atoms with Gasteiger partial charge < -0.3 is 5.32 Å². The molecule has 0 fully saturated rings. The van der Waals surface area contributed by atoms with Gasteiger partial charge in [-0.05, 0) is 20.3 Å². The van der Waals surface area contributed by atoms with Crippen LogP contribution in [0.4, 0.5) is 0 Å². The Morgan fingerprint density at radius 3 is 2.80 bits per heavy atom. The van der Waals surface area contributed by atoms with Gasteiger partial charge in [0, 0.05) is 11.6 Å². The molecule has 0 aromatic carbocycles. The largest absolute Gasteiger partial charge is 0.346 e. The predicted octanol–water partition coefficient (Wildman–Crippen LogP) is 2.88. The Kier molecular flexibility index (Phi) is 4.28. The summed E-state index contributed by atoms with van der Waals surface area (Å²) < 4.78 is -0.530. The third-order valence-corrected chi connectivity index (χ3v) is 3.25. The minimum Gasteiger partial charge on any atom is -0.346 e. The van der Waals surface area contributed by atoms with Gasteiger partial charge in [-0.1, -0.05) is 22.9 Å². The van der Waals surface area contributed by atoms with E-state index >= 15 is 0 Å². The molecule has 1 atom stereocenters. The number of hydrogen-bond donors (Lipinski definition) is 1. The molecule has 0 aliphatic heterocycles. The number of alkyl halides is 1. The molecule has 3 nitrogen and oxygen atoms in total. The monoisotopic (exact) mass is 290 g/mol. The maximum absolute atomic E-state index is 11.7. The van der Waals surface area contributed by atoms with Crippen LogP contribution in [0.1, 0.15) is 38.2 Å². The molecular formula is C10H15BrN2OS. The molecule has 0 radical (unpaired) electrons. The van der Waals surface area contributed by atoms with Gasteiger partial charge in [0.25, 0.3) is 0 Å². The molecule has 1 heterocycles. The molecule has 0 bridgehead atoms. The summed E-state index contributed by atoms with van der Waals surface area (Å²) in [6.07, 6.45) is 2.61. The molecule has 5 heteroatoms. The van der Waals surface area contributed by atoms with Crippen molar-refractivity contribution in [2.24, 2.45) is 0 Å². The number of rotatable bonds is 4. The number of nitrogens with one attached hydrogen (secondary N) is 1. The van der Waals surface area contributed by atoms with Gasteiger partial charge >= 0.3 is 0 Å². The van der Waals surface area contributed by atoms with Crippen molar-refractivity contribution in [3.8, 4) is 0 Å². The third-order valence-electron chi connectivity index (χ3n) is 2.00. The second kappa shape index (κ2) is 5.07. The van der Waals surface area contributed by atoms with E-state index in [0.717, 1.165) is 11.4 Å². The van der Waals surface area contributed by atoms with Crippen molar-refractivity contribution < 1.29 is 4.79 Å². The van der Waals surface area contributed by atoms with E-state index in [1.807, 2.05) is 26.2 Å². The van der Waals surface area contributed by atoms with E-state index in [-0.39, 0.29) is 11.9 Å². The molecule has 15 heavy (non-hydrogen) atoms. The lowest BCUT2D eigenvalue weighted by Gasteiger charge is -2.20. The SMILES string of the molecule is CCC(NC(=O)C(C)(C)Br)c1nccs1. The van der Waals surface area contributed by atoms with Crippen LogP contribution in [0.5, 0.6) is 0 Å². The molecule has 1 rings (SSSR count). The number of carbonyl (C=O) groups excluding carboxylic acids is 1. The lowest BCUT2D eigenvalue weighted by atomic mass is 10.1. The zero-order valence-corrected chi connectivity index (χ0v) is 11.5. The van der Waals surface area contributed by atoms with Crippen LogP contribution in [-0.2, 0) is 4.79 Å². The van der Waals surface area contributed by atoms with E-state index in [1.54, 1.807) is 17.5 Å². The molecule has 1 aromatic rings. The molecule has 0 saturated carbocycles. The van der Waals surface area contributed by atoms with Crippen molar-refractivity contribution >= 4 is 33.2 Å². The van der Waals surface area contributed by atoms with Crippen LogP contribution in [0.15, 0.2) is 11.6 Å². The van der Waals surface area contributed by atoms with Gasteiger partial charge in [-0.15, -0.1) is 11.3 Å². The Balaban J connectivity index is 2.67. The first-order chi connectivity index (χ1) is 6.95. The number of nitrogens with zero attached hydrogens (tertiary/aromatic N) is 1. The van der Waals surface area contributed by atoms with Gasteiger partial charge in [-0.25, -0.2) is 4.98 Å². The summed E-state index contributed by atoms with van der Waals surface area (Å²) in [6.45, 7) is 5.70. The van der Waals surface area contributed by atoms with Gasteiger partial charge in [0.2, 0.25) is 5.91 Å². The number of halogens is 1. The van der Waals surface area contributed by atoms with Crippen molar-refractivity contribution in [3.05, 3.63) is 16.6 Å². The first-order valence-corrected chi connectivity index (χ1v) is 6.51. The number of carbonyl (C=O) groups is 1. The third kappa shape index (κ3) is 3.57. The summed E-state index contributed by atoms with van der Waals surface area (Å²) in [4.78, 5) is 16.0. The lowest BCUT2D eigenvalue weighted by molar-refractivity contribution is -0.123. The van der Waals surface area contributed by atoms with Gasteiger partial charge in [0.15, 0.2) is 0 Å². The van der Waals surface area contributed by atoms with E-state index in [9.17, 15) is 4.79 Å². The molecule has 0 spiro atoms. The fraction of sp³-hybridized carbons (Fsp3) is 0.600. The van der Waals surface area contributed by atoms with Crippen molar-refractivity contribution in [1.29, 1.82) is 0 Å². The molecule has 1 unspecified atom stereocenters. The Morgan fingerprint density at radius 1 is 1.73 bits per heavy atom. The topological polar surface area (TPSA) is 42.0 Å². The van der Waals surface area contributed by atoms with E-state index in [2.05, 4.69) is 26.2 Å². The summed E-state index contributed by atoms with van der Waals surface area (Å²) in [5.74, 6) is -0.00968. The Hall–Kier alpha value is -0.420. The highest BCUT2D eigenvalue weighted by Gasteiger charge is 2.26. The van der Waals surface area contributed by atoms with Crippen LogP contribution in [0.2, 0.25) is 0 Å². The van der Waals surface area contributed by atoms with Crippen LogP contribution in [-0.4, -0.2) is 15.2 Å². The highest BCUT2D eigenvalue weighted by molar-refractivity contribution is 9.10. The summed E-state index contributed by atoms with van der Waals surface area (Å²) in [5.41, 5.74) is 0. The van der Waals surface area contributed by atoms with Gasteiger partial charge in [-0.2, -0.15) is 0 Å². The molecule has 0 saturated heterocycles. The number of hydrogen-bond acceptors (Lipinski definition) is 3. The average molecular weight is 291 g/mol. The Morgan fingerprint density at radius 2 is 2.40 bits per heavy atom. The van der Waals surface area contributed by atoms with E-state index in [1.165, 1.54) is 0 Å². The summed E-state index contributed by atoms with van der Waals surface area (Å²) in [5, 5.41) is 5.85. The second-order valence-corrected chi connectivity index (χ2v) is 6.69. The van der Waals surface area contributed by atoms with E-state index in [0.29, 0.717) is 0 Å². The Labute approximate surface area is 102 Å². The van der Waals surface area contributed by atoms with Crippen LogP contribution < -0.4 is 5.32 Å². The standard InChI is InChI=1S/C10H15BrN2OS/c1-4-7(8-12-5-6-15-8)13-9(14)10(2,3)11/h5-7H,4H2,1-3H3,(H,13,14). The normalized spacial score (nSPS) is 13.6. The fourth-order valence-electron chi connectivity index (χ4n) is 1.07. The highest BCUT2D eigenvalue weighted by atomic mass is 79.9. The average Bonchev–Trinajstić information content (AvgIpc) is 2.64. The molecule has 0 aliphatic rings. The fourth-order valence-corrected chi connectivity index (χ4v) is 1.96. The predicted molar refractivity (Wildman–Crippen MR) is 66.3 cm³/mol. The van der Waals surface area contributed by atoms with Crippen LogP contribution in [0, 0.1) is 0 Å². The maximum Gasteiger partial charge on any atom is 0.236 e. The van der Waals surface area contributed by atoms with Crippen molar-refractivity contribution in [2.75, 3.05) is 0 Å². The van der Waals surface area contributed by atoms with Crippen molar-refractivity contribution in [2.45, 2.75) is 37.6 Å². The molecule has 84 valence electrons. The van der Waals surface area contributed by atoms with Gasteiger partial charge in [-0.3, -0.25) is 4.79 Å². The zero-order chi connectivity index (χ0) is 11.5. The second-order valence-electron chi connectivity index (χ2n) is 3.78. The molecule has 1 aromatic heterocycles. The molecule has 1 amide bonds. The van der Waals surface area contributed by atoms with Crippen molar-refractivity contribution in [1.82, 2.24) is 10.3 Å². The van der Waals surface area contributed by atoms with Gasteiger partial charge in [0.1, 0.15) is 5.01 Å². The molecule has 0 aliphatic carbocycles. The molecule has 1 N–H and O–H groups in total. The van der Waals surface area contributed by atoms with E-state index in [4.69, 9.17) is 0 Å². The summed E-state index contributed by atoms with van der Waals surface area (Å²) in [6, 6.07) is 0.0225. The lowest BCUT2D eigenvalue weighted by Crippen LogP contribution is -2.39. The zero-order valence-electron chi connectivity index (χ0n) is 9.08. The van der Waals surface area contributed by atoms with E-state index < -0.39 is 4.32 Å². The van der Waals surface area contributed by atoms with Crippen LogP contribution >= 0.6 is 27.3 Å².